The van der Waals surface area contributed by atoms with Gasteiger partial charge in [-0.1, -0.05) is 0 Å². The van der Waals surface area contributed by atoms with E-state index in [4.69, 9.17) is 0 Å². The molecule has 0 amide bonds. The highest BCUT2D eigenvalue weighted by molar-refractivity contribution is 7.82. The molecule has 0 rings (SSSR count). The monoisotopic (exact) mass is 198 g/mol. The van der Waals surface area contributed by atoms with Crippen LogP contribution < -0.4 is 0 Å². The Morgan fingerprint density at radius 1 is 1.64 bits per heavy atom. The minimum atomic E-state index is -2.58. The predicted molar refractivity (Wildman–Crippen MR) is 44.6 cm³/mol. The summed E-state index contributed by atoms with van der Waals surface area (Å²) in [5.74, 6) is -0.378. The maximum absolute atomic E-state index is 10.6. The molecule has 0 aromatic carbocycles. The van der Waals surface area contributed by atoms with Gasteiger partial charge in [0.25, 0.3) is 0 Å². The lowest BCUT2D eigenvalue weighted by Gasteiger charge is -2.03. The van der Waals surface area contributed by atoms with Crippen LogP contribution in [0.1, 0.15) is 6.42 Å². The quantitative estimate of drug-likeness (QED) is 0.470. The largest absolute Gasteiger partial charge is 0.469 e. The Hall–Kier alpha value is -0.230. The van der Waals surface area contributed by atoms with Crippen LogP contribution in [-0.2, 0) is 20.2 Å². The Balaban J connectivity index is 3.98. The van der Waals surface area contributed by atoms with Crippen molar-refractivity contribution in [1.29, 1.82) is 0 Å². The molecule has 0 aliphatic heterocycles. The van der Waals surface area contributed by atoms with E-state index in [9.17, 15) is 13.2 Å². The van der Waals surface area contributed by atoms with Crippen LogP contribution >= 0.6 is 12.6 Å². The summed E-state index contributed by atoms with van der Waals surface area (Å²) in [7, 11) is -1.36. The third-order valence-corrected chi connectivity index (χ3v) is 2.83. The molecule has 0 bridgehead atoms. The van der Waals surface area contributed by atoms with E-state index in [0.717, 1.165) is 0 Å². The van der Waals surface area contributed by atoms with Crippen LogP contribution in [0.3, 0.4) is 0 Å². The molecule has 6 heteroatoms. The van der Waals surface area contributed by atoms with E-state index in [1.807, 2.05) is 0 Å². The fourth-order valence-electron chi connectivity index (χ4n) is 0.481. The highest BCUT2D eigenvalue weighted by atomic mass is 32.2. The molecule has 4 nitrogen and oxygen atoms in total. The van der Waals surface area contributed by atoms with Gasteiger partial charge in [-0.2, -0.15) is 12.6 Å². The summed E-state index contributed by atoms with van der Waals surface area (Å²) >= 11 is 3.78. The molecular formula is C5H10O4S2. The molecule has 0 aliphatic rings. The van der Waals surface area contributed by atoms with Gasteiger partial charge in [-0.25, -0.2) is 8.42 Å². The highest BCUT2D eigenvalue weighted by Gasteiger charge is 2.14. The zero-order valence-corrected chi connectivity index (χ0v) is 7.81. The number of rotatable bonds is 4. The van der Waals surface area contributed by atoms with Crippen LogP contribution in [0.15, 0.2) is 0 Å². The third kappa shape index (κ3) is 4.26. The second-order valence-corrected chi connectivity index (χ2v) is 3.57. The maximum Gasteiger partial charge on any atom is 0.306 e. The van der Waals surface area contributed by atoms with E-state index >= 15 is 0 Å². The molecule has 1 atom stereocenters. The van der Waals surface area contributed by atoms with Gasteiger partial charge >= 0.3 is 5.97 Å². The normalized spacial score (nSPS) is 13.0. The highest BCUT2D eigenvalue weighted by Crippen LogP contribution is 2.00. The van der Waals surface area contributed by atoms with E-state index in [1.54, 1.807) is 0 Å². The number of thiol groups is 2. The minimum absolute atomic E-state index is 0.112. The first-order valence-corrected chi connectivity index (χ1v) is 4.81. The molecule has 0 aromatic heterocycles. The smallest absolute Gasteiger partial charge is 0.306 e. The van der Waals surface area contributed by atoms with Gasteiger partial charge in [-0.15, -0.1) is 0 Å². The lowest BCUT2D eigenvalue weighted by Crippen LogP contribution is -2.18. The van der Waals surface area contributed by atoms with Crippen LogP contribution in [-0.4, -0.2) is 32.5 Å². The van der Waals surface area contributed by atoms with Crippen molar-refractivity contribution >= 4 is 29.3 Å². The van der Waals surface area contributed by atoms with Gasteiger partial charge in [0, 0.05) is 5.75 Å². The fourth-order valence-corrected chi connectivity index (χ4v) is 1.44. The number of ether oxygens (including phenoxy) is 1. The van der Waals surface area contributed by atoms with Crippen LogP contribution in [0.25, 0.3) is 0 Å². The summed E-state index contributed by atoms with van der Waals surface area (Å²) in [4.78, 5) is 10.6. The molecule has 0 aromatic rings. The predicted octanol–water partition coefficient (Wildman–Crippen LogP) is -0.541. The summed E-state index contributed by atoms with van der Waals surface area (Å²) in [5, 5.41) is -0.708. The molecule has 66 valence electrons. The lowest BCUT2D eigenvalue weighted by molar-refractivity contribution is -0.140. The van der Waals surface area contributed by atoms with Crippen molar-refractivity contribution in [3.05, 3.63) is 0 Å². The summed E-state index contributed by atoms with van der Waals surface area (Å²) in [6.45, 7) is 0. The van der Waals surface area contributed by atoms with Gasteiger partial charge in [-0.05, 0) is 0 Å². The van der Waals surface area contributed by atoms with Gasteiger partial charge in [0.1, 0.15) is 10.7 Å². The number of carbonyl (C=O) groups excluding carboxylic acids is 1. The van der Waals surface area contributed by atoms with E-state index < -0.39 is 21.9 Å². The number of esters is 1. The zero-order chi connectivity index (χ0) is 8.85. The molecule has 0 fully saturated rings. The Morgan fingerprint density at radius 3 is 2.45 bits per heavy atom. The molecule has 11 heavy (non-hydrogen) atoms. The van der Waals surface area contributed by atoms with Gasteiger partial charge in [0.2, 0.25) is 0 Å². The Labute approximate surface area is 72.3 Å². The summed E-state index contributed by atoms with van der Waals surface area (Å²) in [6, 6.07) is 0. The molecule has 1 unspecified atom stereocenters. The Bertz CT molecular complexity index is 191. The first-order valence-electron chi connectivity index (χ1n) is 2.93. The first kappa shape index (κ1) is 10.8. The van der Waals surface area contributed by atoms with Crippen molar-refractivity contribution in [2.45, 2.75) is 11.7 Å². The molecule has 0 N–H and O–H groups in total. The minimum Gasteiger partial charge on any atom is -0.469 e. The third-order valence-electron chi connectivity index (χ3n) is 1.14. The number of carbonyl (C=O) groups is 1. The molecule has 0 spiro atoms. The molecule has 0 saturated heterocycles. The SMILES string of the molecule is COC(=O)CC(CS)[SH](=O)=O. The zero-order valence-electron chi connectivity index (χ0n) is 6.02. The van der Waals surface area contributed by atoms with Crippen molar-refractivity contribution in [3.63, 3.8) is 0 Å². The van der Waals surface area contributed by atoms with Crippen molar-refractivity contribution in [3.8, 4) is 0 Å². The van der Waals surface area contributed by atoms with Gasteiger partial charge < -0.3 is 4.74 Å². The van der Waals surface area contributed by atoms with Crippen molar-refractivity contribution in [2.24, 2.45) is 0 Å². The average Bonchev–Trinajstić information content (AvgIpc) is 1.99. The van der Waals surface area contributed by atoms with Gasteiger partial charge in [-0.3, -0.25) is 4.79 Å². The number of hydrogen-bond acceptors (Lipinski definition) is 5. The van der Waals surface area contributed by atoms with Crippen molar-refractivity contribution < 1.29 is 17.9 Å². The topological polar surface area (TPSA) is 60.4 Å². The summed E-state index contributed by atoms with van der Waals surface area (Å²) in [5.41, 5.74) is 0. The molecule has 0 heterocycles. The van der Waals surface area contributed by atoms with E-state index in [0.29, 0.717) is 0 Å². The van der Waals surface area contributed by atoms with Crippen LogP contribution in [0.5, 0.6) is 0 Å². The average molecular weight is 198 g/mol. The Morgan fingerprint density at radius 2 is 2.18 bits per heavy atom. The second-order valence-electron chi connectivity index (χ2n) is 1.90. The lowest BCUT2D eigenvalue weighted by atomic mass is 10.3. The van der Waals surface area contributed by atoms with E-state index in [2.05, 4.69) is 17.4 Å². The Kier molecular flexibility index (Phi) is 5.31. The van der Waals surface area contributed by atoms with E-state index in [-0.39, 0.29) is 12.2 Å². The van der Waals surface area contributed by atoms with Crippen molar-refractivity contribution in [1.82, 2.24) is 0 Å². The molecule has 0 radical (unpaired) electrons. The van der Waals surface area contributed by atoms with Crippen LogP contribution in [0, 0.1) is 0 Å². The second kappa shape index (κ2) is 5.42. The number of methoxy groups -OCH3 is 1. The number of hydrogen-bond donors (Lipinski definition) is 2. The standard InChI is InChI=1S/C5H10O4S2/c1-9-5(6)2-4(3-10)11(7)8/h4,10-11H,2-3H2,1H3. The summed E-state index contributed by atoms with van der Waals surface area (Å²) in [6.07, 6.45) is -0.112. The van der Waals surface area contributed by atoms with Gasteiger partial charge in [0.15, 0.2) is 0 Å². The van der Waals surface area contributed by atoms with Crippen LogP contribution in [0.2, 0.25) is 0 Å². The fraction of sp³-hybridized carbons (Fsp3) is 0.800. The van der Waals surface area contributed by atoms with Crippen molar-refractivity contribution in [2.75, 3.05) is 12.9 Å². The maximum atomic E-state index is 10.6. The van der Waals surface area contributed by atoms with Crippen LogP contribution in [0.4, 0.5) is 0 Å². The van der Waals surface area contributed by atoms with E-state index in [1.165, 1.54) is 7.11 Å². The summed E-state index contributed by atoms with van der Waals surface area (Å²) < 4.78 is 25.0. The molecular weight excluding hydrogens is 188 g/mol. The molecule has 0 aliphatic carbocycles. The van der Waals surface area contributed by atoms with Gasteiger partial charge in [0.05, 0.1) is 18.8 Å². The first-order chi connectivity index (χ1) is 5.11. The molecule has 0 saturated carbocycles.